The van der Waals surface area contributed by atoms with E-state index in [1.54, 1.807) is 0 Å². The van der Waals surface area contributed by atoms with Crippen molar-refractivity contribution < 1.29 is 8.78 Å². The van der Waals surface area contributed by atoms with E-state index in [4.69, 9.17) is 0 Å². The molecule has 0 amide bonds. The summed E-state index contributed by atoms with van der Waals surface area (Å²) in [4.78, 5) is 1.82. The van der Waals surface area contributed by atoms with Crippen LogP contribution in [0.25, 0.3) is 0 Å². The van der Waals surface area contributed by atoms with Gasteiger partial charge in [0.25, 0.3) is 0 Å². The molecule has 4 heteroatoms. The second-order valence-corrected chi connectivity index (χ2v) is 4.55. The van der Waals surface area contributed by atoms with Crippen molar-refractivity contribution in [3.8, 4) is 0 Å². The highest BCUT2D eigenvalue weighted by Crippen LogP contribution is 2.24. The Morgan fingerprint density at radius 1 is 1.24 bits per heavy atom. The second-order valence-electron chi connectivity index (χ2n) is 4.55. The summed E-state index contributed by atoms with van der Waals surface area (Å²) in [6, 6.07) is 4.44. The minimum atomic E-state index is -0.466. The molecule has 2 nitrogen and oxygen atoms in total. The summed E-state index contributed by atoms with van der Waals surface area (Å²) >= 11 is 0. The number of para-hydroxylation sites is 1. The van der Waals surface area contributed by atoms with Crippen LogP contribution in [0.2, 0.25) is 0 Å². The molecule has 0 saturated carbocycles. The molecule has 1 unspecified atom stereocenters. The van der Waals surface area contributed by atoms with Gasteiger partial charge in [0.2, 0.25) is 0 Å². The Balaban J connectivity index is 2.19. The topological polar surface area (TPSA) is 15.3 Å². The largest absolute Gasteiger partial charge is 0.367 e. The third kappa shape index (κ3) is 2.94. The van der Waals surface area contributed by atoms with Crippen molar-refractivity contribution in [3.63, 3.8) is 0 Å². The summed E-state index contributed by atoms with van der Waals surface area (Å²) in [6.45, 7) is 4.37. The van der Waals surface area contributed by atoms with Crippen molar-refractivity contribution in [2.75, 3.05) is 24.5 Å². The summed E-state index contributed by atoms with van der Waals surface area (Å²) in [5, 5.41) is 3.37. The monoisotopic (exact) mass is 240 g/mol. The van der Waals surface area contributed by atoms with E-state index in [9.17, 15) is 8.78 Å². The van der Waals surface area contributed by atoms with Crippen LogP contribution < -0.4 is 10.2 Å². The fourth-order valence-corrected chi connectivity index (χ4v) is 2.20. The summed E-state index contributed by atoms with van der Waals surface area (Å²) in [5.74, 6) is -0.933. The summed E-state index contributed by atoms with van der Waals surface area (Å²) < 4.78 is 27.3. The van der Waals surface area contributed by atoms with Gasteiger partial charge in [-0.2, -0.15) is 0 Å². The molecule has 1 aliphatic heterocycles. The normalized spacial score (nSPS) is 22.1. The lowest BCUT2D eigenvalue weighted by Crippen LogP contribution is -2.39. The van der Waals surface area contributed by atoms with Crippen molar-refractivity contribution in [2.45, 2.75) is 25.8 Å². The van der Waals surface area contributed by atoms with E-state index in [0.717, 1.165) is 19.4 Å². The van der Waals surface area contributed by atoms with E-state index >= 15 is 0 Å². The maximum absolute atomic E-state index is 13.7. The Labute approximate surface area is 101 Å². The smallest absolute Gasteiger partial charge is 0.149 e. The Hall–Kier alpha value is -1.16. The number of nitrogens with zero attached hydrogens (tertiary/aromatic N) is 1. The molecule has 0 radical (unpaired) electrons. The summed E-state index contributed by atoms with van der Waals surface area (Å²) in [5.41, 5.74) is 0.126. The molecule has 1 heterocycles. The molecular weight excluding hydrogens is 222 g/mol. The standard InChI is InChI=1S/C13H18F2N2/c1-10-6-9-17(8-3-7-16-10)13-11(14)4-2-5-12(13)15/h2,4-5,10,16H,3,6-9H2,1H3. The van der Waals surface area contributed by atoms with Gasteiger partial charge in [-0.25, -0.2) is 8.78 Å². The highest BCUT2D eigenvalue weighted by atomic mass is 19.1. The third-order valence-corrected chi connectivity index (χ3v) is 3.18. The highest BCUT2D eigenvalue weighted by molar-refractivity contribution is 5.49. The van der Waals surface area contributed by atoms with Crippen molar-refractivity contribution in [1.29, 1.82) is 0 Å². The van der Waals surface area contributed by atoms with Gasteiger partial charge in [0.1, 0.15) is 17.3 Å². The Morgan fingerprint density at radius 3 is 2.65 bits per heavy atom. The van der Waals surface area contributed by atoms with Crippen molar-refractivity contribution in [3.05, 3.63) is 29.8 Å². The van der Waals surface area contributed by atoms with E-state index in [-0.39, 0.29) is 5.69 Å². The number of nitrogens with one attached hydrogen (secondary N) is 1. The van der Waals surface area contributed by atoms with Crippen LogP contribution in [0.4, 0.5) is 14.5 Å². The quantitative estimate of drug-likeness (QED) is 0.811. The average molecular weight is 240 g/mol. The first-order chi connectivity index (χ1) is 8.18. The molecule has 2 rings (SSSR count). The van der Waals surface area contributed by atoms with Crippen molar-refractivity contribution in [1.82, 2.24) is 5.32 Å². The zero-order valence-electron chi connectivity index (χ0n) is 10.0. The number of hydrogen-bond donors (Lipinski definition) is 1. The van der Waals surface area contributed by atoms with Crippen molar-refractivity contribution >= 4 is 5.69 Å². The first kappa shape index (κ1) is 12.3. The van der Waals surface area contributed by atoms with Crippen LogP contribution >= 0.6 is 0 Å². The Morgan fingerprint density at radius 2 is 1.94 bits per heavy atom. The van der Waals surface area contributed by atoms with E-state index < -0.39 is 11.6 Å². The molecule has 1 saturated heterocycles. The van der Waals surface area contributed by atoms with Gasteiger partial charge in [-0.05, 0) is 38.4 Å². The molecule has 1 aromatic rings. The number of hydrogen-bond acceptors (Lipinski definition) is 2. The molecule has 1 fully saturated rings. The van der Waals surface area contributed by atoms with Crippen LogP contribution in [-0.2, 0) is 0 Å². The predicted octanol–water partition coefficient (Wildman–Crippen LogP) is 2.54. The lowest BCUT2D eigenvalue weighted by molar-refractivity contribution is 0.466. The lowest BCUT2D eigenvalue weighted by Gasteiger charge is -2.30. The maximum atomic E-state index is 13.7. The van der Waals surface area contributed by atoms with Gasteiger partial charge in [-0.15, -0.1) is 0 Å². The van der Waals surface area contributed by atoms with Crippen LogP contribution in [0.1, 0.15) is 19.8 Å². The minimum Gasteiger partial charge on any atom is -0.367 e. The first-order valence-electron chi connectivity index (χ1n) is 6.11. The minimum absolute atomic E-state index is 0.126. The average Bonchev–Trinajstić information content (AvgIpc) is 2.27. The Bertz CT molecular complexity index is 361. The second kappa shape index (κ2) is 5.45. The molecular formula is C13H18F2N2. The van der Waals surface area contributed by atoms with Gasteiger partial charge < -0.3 is 10.2 Å². The van der Waals surface area contributed by atoms with Gasteiger partial charge in [-0.1, -0.05) is 6.07 Å². The fraction of sp³-hybridized carbons (Fsp3) is 0.538. The van der Waals surface area contributed by atoms with Gasteiger partial charge in [0, 0.05) is 19.1 Å². The maximum Gasteiger partial charge on any atom is 0.149 e. The van der Waals surface area contributed by atoms with E-state index in [0.29, 0.717) is 19.1 Å². The molecule has 1 aliphatic rings. The van der Waals surface area contributed by atoms with E-state index in [1.807, 2.05) is 4.90 Å². The fourth-order valence-electron chi connectivity index (χ4n) is 2.20. The highest BCUT2D eigenvalue weighted by Gasteiger charge is 2.18. The first-order valence-corrected chi connectivity index (χ1v) is 6.11. The van der Waals surface area contributed by atoms with Crippen molar-refractivity contribution in [2.24, 2.45) is 0 Å². The zero-order chi connectivity index (χ0) is 12.3. The van der Waals surface area contributed by atoms with Crippen LogP contribution in [-0.4, -0.2) is 25.7 Å². The van der Waals surface area contributed by atoms with Gasteiger partial charge in [0.15, 0.2) is 0 Å². The van der Waals surface area contributed by atoms with Crippen LogP contribution in [0.15, 0.2) is 18.2 Å². The molecule has 0 spiro atoms. The Kier molecular flexibility index (Phi) is 3.94. The molecule has 17 heavy (non-hydrogen) atoms. The SMILES string of the molecule is CC1CCN(c2c(F)cccc2F)CCCN1. The van der Waals surface area contributed by atoms with Crippen LogP contribution in [0.3, 0.4) is 0 Å². The van der Waals surface area contributed by atoms with Gasteiger partial charge in [-0.3, -0.25) is 0 Å². The number of benzene rings is 1. The van der Waals surface area contributed by atoms with Crippen LogP contribution in [0.5, 0.6) is 0 Å². The van der Waals surface area contributed by atoms with Gasteiger partial charge >= 0.3 is 0 Å². The van der Waals surface area contributed by atoms with E-state index in [1.165, 1.54) is 18.2 Å². The molecule has 1 aromatic carbocycles. The number of rotatable bonds is 1. The van der Waals surface area contributed by atoms with Gasteiger partial charge in [0.05, 0.1) is 0 Å². The van der Waals surface area contributed by atoms with E-state index in [2.05, 4.69) is 12.2 Å². The van der Waals surface area contributed by atoms with Crippen LogP contribution in [0, 0.1) is 11.6 Å². The number of anilines is 1. The number of halogens is 2. The predicted molar refractivity (Wildman–Crippen MR) is 65.3 cm³/mol. The molecule has 1 N–H and O–H groups in total. The molecule has 0 aromatic heterocycles. The molecule has 94 valence electrons. The summed E-state index contributed by atoms with van der Waals surface area (Å²) in [6.07, 6.45) is 1.80. The molecule has 0 aliphatic carbocycles. The third-order valence-electron chi connectivity index (χ3n) is 3.18. The lowest BCUT2D eigenvalue weighted by atomic mass is 10.1. The summed E-state index contributed by atoms with van der Waals surface area (Å²) in [7, 11) is 0. The zero-order valence-corrected chi connectivity index (χ0v) is 10.0. The molecule has 1 atom stereocenters. The molecule has 0 bridgehead atoms.